The van der Waals surface area contributed by atoms with Crippen LogP contribution in [0.5, 0.6) is 0 Å². The standard InChI is InChI=1S/C17H9Cl2NO5/c18-10-4-9-6-12(17(24)25-14(9)13(19)7-10)15(21)20-11-3-1-2-8(5-11)16(22)23/h1-7H,(H,20,21)(H,22,23)/p-1. The summed E-state index contributed by atoms with van der Waals surface area (Å²) in [4.78, 5) is 35.2. The Hall–Kier alpha value is -2.83. The van der Waals surface area contributed by atoms with Crippen LogP contribution in [0.15, 0.2) is 51.7 Å². The fourth-order valence-corrected chi connectivity index (χ4v) is 2.79. The highest BCUT2D eigenvalue weighted by molar-refractivity contribution is 6.38. The molecule has 0 bridgehead atoms. The number of carbonyl (C=O) groups excluding carboxylic acids is 2. The molecule has 1 amide bonds. The molecule has 0 unspecified atom stereocenters. The van der Waals surface area contributed by atoms with Crippen LogP contribution in [-0.2, 0) is 0 Å². The van der Waals surface area contributed by atoms with Crippen LogP contribution in [0, 0.1) is 0 Å². The van der Waals surface area contributed by atoms with Gasteiger partial charge in [-0.2, -0.15) is 0 Å². The van der Waals surface area contributed by atoms with Crippen molar-refractivity contribution < 1.29 is 19.1 Å². The van der Waals surface area contributed by atoms with Gasteiger partial charge in [-0.15, -0.1) is 0 Å². The molecule has 0 spiro atoms. The van der Waals surface area contributed by atoms with E-state index in [-0.39, 0.29) is 27.4 Å². The molecule has 0 saturated heterocycles. The van der Waals surface area contributed by atoms with Crippen LogP contribution in [0.3, 0.4) is 0 Å². The summed E-state index contributed by atoms with van der Waals surface area (Å²) in [5, 5.41) is 14.1. The first-order valence-corrected chi connectivity index (χ1v) is 7.66. The van der Waals surface area contributed by atoms with Crippen molar-refractivity contribution in [2.24, 2.45) is 0 Å². The molecular formula is C17H8Cl2NO5-. The zero-order valence-corrected chi connectivity index (χ0v) is 13.9. The van der Waals surface area contributed by atoms with Crippen molar-refractivity contribution in [3.8, 4) is 0 Å². The summed E-state index contributed by atoms with van der Waals surface area (Å²) >= 11 is 11.9. The molecule has 1 N–H and O–H groups in total. The number of anilines is 1. The Balaban J connectivity index is 2.00. The highest BCUT2D eigenvalue weighted by Crippen LogP contribution is 2.27. The number of fused-ring (bicyclic) bond motifs is 1. The van der Waals surface area contributed by atoms with Crippen molar-refractivity contribution in [1.29, 1.82) is 0 Å². The fourth-order valence-electron chi connectivity index (χ4n) is 2.24. The maximum Gasteiger partial charge on any atom is 0.349 e. The number of hydrogen-bond donors (Lipinski definition) is 1. The smallest absolute Gasteiger partial charge is 0.349 e. The largest absolute Gasteiger partial charge is 0.545 e. The fraction of sp³-hybridized carbons (Fsp3) is 0. The van der Waals surface area contributed by atoms with Gasteiger partial charge in [0.1, 0.15) is 5.56 Å². The van der Waals surface area contributed by atoms with Gasteiger partial charge in [0.05, 0.1) is 11.0 Å². The van der Waals surface area contributed by atoms with Gasteiger partial charge >= 0.3 is 5.63 Å². The minimum atomic E-state index is -1.38. The van der Waals surface area contributed by atoms with Crippen LogP contribution in [0.25, 0.3) is 11.0 Å². The Morgan fingerprint density at radius 3 is 2.56 bits per heavy atom. The van der Waals surface area contributed by atoms with Crippen LogP contribution >= 0.6 is 23.2 Å². The number of amides is 1. The quantitative estimate of drug-likeness (QED) is 0.708. The molecule has 6 nitrogen and oxygen atoms in total. The predicted molar refractivity (Wildman–Crippen MR) is 91.2 cm³/mol. The molecule has 1 aromatic heterocycles. The van der Waals surface area contributed by atoms with E-state index >= 15 is 0 Å². The van der Waals surface area contributed by atoms with Gasteiger partial charge in [-0.05, 0) is 35.9 Å². The van der Waals surface area contributed by atoms with E-state index in [1.165, 1.54) is 42.5 Å². The number of benzene rings is 2. The lowest BCUT2D eigenvalue weighted by Crippen LogP contribution is -2.23. The Bertz CT molecular complexity index is 1070. The minimum absolute atomic E-state index is 0.109. The second-order valence-corrected chi connectivity index (χ2v) is 5.92. The van der Waals surface area contributed by atoms with Crippen molar-refractivity contribution in [2.45, 2.75) is 0 Å². The second kappa shape index (κ2) is 6.58. The summed E-state index contributed by atoms with van der Waals surface area (Å²) in [5.74, 6) is -2.15. The van der Waals surface area contributed by atoms with Crippen LogP contribution in [0.1, 0.15) is 20.7 Å². The van der Waals surface area contributed by atoms with E-state index in [1.807, 2.05) is 0 Å². The van der Waals surface area contributed by atoms with Gasteiger partial charge in [0.15, 0.2) is 5.58 Å². The number of halogens is 2. The van der Waals surface area contributed by atoms with Crippen molar-refractivity contribution in [1.82, 2.24) is 0 Å². The molecule has 1 heterocycles. The molecule has 0 atom stereocenters. The second-order valence-electron chi connectivity index (χ2n) is 5.08. The van der Waals surface area contributed by atoms with E-state index in [0.29, 0.717) is 10.4 Å². The van der Waals surface area contributed by atoms with E-state index in [9.17, 15) is 19.5 Å². The summed E-state index contributed by atoms with van der Waals surface area (Å²) in [5.41, 5.74) is -0.959. The van der Waals surface area contributed by atoms with Gasteiger partial charge in [-0.1, -0.05) is 35.3 Å². The minimum Gasteiger partial charge on any atom is -0.545 e. The summed E-state index contributed by atoms with van der Waals surface area (Å²) in [6, 6.07) is 9.66. The number of aromatic carboxylic acids is 1. The maximum atomic E-state index is 12.3. The van der Waals surface area contributed by atoms with E-state index in [0.717, 1.165) is 0 Å². The number of carboxylic acids is 1. The van der Waals surface area contributed by atoms with Gasteiger partial charge in [-0.25, -0.2) is 4.79 Å². The number of hydrogen-bond acceptors (Lipinski definition) is 5. The molecule has 0 saturated carbocycles. The van der Waals surface area contributed by atoms with Crippen LogP contribution in [-0.4, -0.2) is 11.9 Å². The van der Waals surface area contributed by atoms with Crippen molar-refractivity contribution in [2.75, 3.05) is 5.32 Å². The first kappa shape index (κ1) is 17.0. The third-order valence-electron chi connectivity index (χ3n) is 3.35. The molecular weight excluding hydrogens is 369 g/mol. The maximum absolute atomic E-state index is 12.3. The summed E-state index contributed by atoms with van der Waals surface area (Å²) in [6.45, 7) is 0. The molecule has 0 aliphatic rings. The first-order valence-electron chi connectivity index (χ1n) is 6.91. The summed E-state index contributed by atoms with van der Waals surface area (Å²) in [7, 11) is 0. The molecule has 25 heavy (non-hydrogen) atoms. The molecule has 3 aromatic rings. The van der Waals surface area contributed by atoms with Gasteiger partial charge < -0.3 is 19.6 Å². The van der Waals surface area contributed by atoms with E-state index in [1.54, 1.807) is 0 Å². The number of carboxylic acid groups (broad SMARTS) is 1. The SMILES string of the molecule is O=C([O-])c1cccc(NC(=O)c2cc3cc(Cl)cc(Cl)c3oc2=O)c1. The molecule has 0 radical (unpaired) electrons. The summed E-state index contributed by atoms with van der Waals surface area (Å²) in [6.07, 6.45) is 0. The van der Waals surface area contributed by atoms with E-state index in [4.69, 9.17) is 27.6 Å². The molecule has 0 fully saturated rings. The van der Waals surface area contributed by atoms with Gasteiger partial charge in [0.25, 0.3) is 5.91 Å². The Labute approximate surface area is 150 Å². The first-order chi connectivity index (χ1) is 11.8. The van der Waals surface area contributed by atoms with E-state index in [2.05, 4.69) is 5.32 Å². The average molecular weight is 377 g/mol. The average Bonchev–Trinajstić information content (AvgIpc) is 2.55. The highest BCUT2D eigenvalue weighted by Gasteiger charge is 2.16. The topological polar surface area (TPSA) is 99.4 Å². The van der Waals surface area contributed by atoms with Gasteiger partial charge in [0.2, 0.25) is 0 Å². The van der Waals surface area contributed by atoms with E-state index < -0.39 is 17.5 Å². The van der Waals surface area contributed by atoms with Gasteiger partial charge in [0, 0.05) is 16.1 Å². The molecule has 2 aromatic carbocycles. The Morgan fingerprint density at radius 1 is 1.08 bits per heavy atom. The zero-order chi connectivity index (χ0) is 18.1. The lowest BCUT2D eigenvalue weighted by Gasteiger charge is -2.08. The predicted octanol–water partition coefficient (Wildman–Crippen LogP) is 2.72. The number of carbonyl (C=O) groups is 2. The number of rotatable bonds is 3. The molecule has 0 aliphatic carbocycles. The zero-order valence-electron chi connectivity index (χ0n) is 12.3. The molecule has 3 rings (SSSR count). The third kappa shape index (κ3) is 3.50. The molecule has 126 valence electrons. The van der Waals surface area contributed by atoms with Crippen LogP contribution in [0.2, 0.25) is 10.0 Å². The third-order valence-corrected chi connectivity index (χ3v) is 3.85. The van der Waals surface area contributed by atoms with Crippen LogP contribution in [0.4, 0.5) is 5.69 Å². The summed E-state index contributed by atoms with van der Waals surface area (Å²) < 4.78 is 5.09. The lowest BCUT2D eigenvalue weighted by atomic mass is 10.1. The van der Waals surface area contributed by atoms with Crippen molar-refractivity contribution in [3.63, 3.8) is 0 Å². The van der Waals surface area contributed by atoms with Gasteiger partial charge in [-0.3, -0.25) is 4.79 Å². The Kier molecular flexibility index (Phi) is 4.48. The monoisotopic (exact) mass is 376 g/mol. The lowest BCUT2D eigenvalue weighted by molar-refractivity contribution is -0.255. The van der Waals surface area contributed by atoms with Crippen molar-refractivity contribution in [3.05, 3.63) is 74.1 Å². The molecule has 8 heteroatoms. The molecule has 0 aliphatic heterocycles. The van der Waals surface area contributed by atoms with Crippen molar-refractivity contribution >= 4 is 51.7 Å². The highest BCUT2D eigenvalue weighted by atomic mass is 35.5. The number of nitrogens with one attached hydrogen (secondary N) is 1. The Morgan fingerprint density at radius 2 is 1.84 bits per heavy atom. The van der Waals surface area contributed by atoms with Crippen LogP contribution < -0.4 is 16.0 Å². The normalized spacial score (nSPS) is 10.6.